The van der Waals surface area contributed by atoms with Crippen LogP contribution < -0.4 is 0 Å². The summed E-state index contributed by atoms with van der Waals surface area (Å²) in [5, 5.41) is 0. The first kappa shape index (κ1) is 16.6. The van der Waals surface area contributed by atoms with Crippen LogP contribution in [-0.2, 0) is 4.79 Å². The monoisotopic (exact) mass is 306 g/mol. The van der Waals surface area contributed by atoms with Crippen molar-refractivity contribution in [2.24, 2.45) is 5.41 Å². The third kappa shape index (κ3) is 4.11. The second-order valence-corrected chi connectivity index (χ2v) is 7.30. The summed E-state index contributed by atoms with van der Waals surface area (Å²) in [6, 6.07) is 0.178. The Balaban J connectivity index is 2.02. The molecule has 3 nitrogen and oxygen atoms in total. The van der Waals surface area contributed by atoms with E-state index in [1.807, 2.05) is 30.6 Å². The third-order valence-corrected chi connectivity index (χ3v) is 4.46. The van der Waals surface area contributed by atoms with E-state index >= 15 is 0 Å². The van der Waals surface area contributed by atoms with Crippen LogP contribution in [-0.4, -0.2) is 53.6 Å². The molecule has 2 unspecified atom stereocenters. The van der Waals surface area contributed by atoms with Gasteiger partial charge in [0.2, 0.25) is 5.91 Å². The highest BCUT2D eigenvalue weighted by Gasteiger charge is 2.42. The number of halogens is 3. The molecule has 1 amide bonds. The molecule has 0 spiro atoms. The van der Waals surface area contributed by atoms with Crippen molar-refractivity contribution in [3.05, 3.63) is 0 Å². The fraction of sp³-hybridized carbons (Fsp3) is 0.933. The van der Waals surface area contributed by atoms with Crippen LogP contribution in [0, 0.1) is 5.41 Å². The molecule has 2 rings (SSSR count). The van der Waals surface area contributed by atoms with Crippen molar-refractivity contribution in [1.29, 1.82) is 0 Å². The molecule has 6 heteroatoms. The van der Waals surface area contributed by atoms with E-state index in [2.05, 4.69) is 0 Å². The number of hydrogen-bond acceptors (Lipinski definition) is 2. The van der Waals surface area contributed by atoms with Crippen LogP contribution in [0.1, 0.15) is 46.5 Å². The van der Waals surface area contributed by atoms with Crippen molar-refractivity contribution in [1.82, 2.24) is 9.80 Å². The Bertz CT molecular complexity index is 375. The summed E-state index contributed by atoms with van der Waals surface area (Å²) < 4.78 is 37.4. The molecule has 2 saturated heterocycles. The minimum Gasteiger partial charge on any atom is -0.339 e. The van der Waals surface area contributed by atoms with Crippen LogP contribution in [0.3, 0.4) is 0 Å². The Hall–Kier alpha value is -0.780. The molecule has 0 saturated carbocycles. The number of fused-ring (bicyclic) bond motifs is 2. The number of alkyl halides is 3. The summed E-state index contributed by atoms with van der Waals surface area (Å²) in [5.41, 5.74) is -0.428. The molecule has 21 heavy (non-hydrogen) atoms. The molecule has 2 aliphatic rings. The minimum atomic E-state index is -4.10. The maximum atomic E-state index is 12.5. The van der Waals surface area contributed by atoms with Crippen molar-refractivity contribution in [3.63, 3.8) is 0 Å². The van der Waals surface area contributed by atoms with Crippen molar-refractivity contribution in [3.8, 4) is 0 Å². The number of piperidine rings is 1. The second kappa shape index (κ2) is 5.78. The summed E-state index contributed by atoms with van der Waals surface area (Å²) in [4.78, 5) is 16.3. The molecule has 0 aromatic carbocycles. The van der Waals surface area contributed by atoms with Crippen LogP contribution in [0.15, 0.2) is 0 Å². The lowest BCUT2D eigenvalue weighted by molar-refractivity contribution is -0.154. The van der Waals surface area contributed by atoms with Gasteiger partial charge in [-0.05, 0) is 12.8 Å². The van der Waals surface area contributed by atoms with Gasteiger partial charge in [0.25, 0.3) is 0 Å². The molecule has 2 fully saturated rings. The normalized spacial score (nSPS) is 27.8. The van der Waals surface area contributed by atoms with Crippen molar-refractivity contribution in [2.45, 2.75) is 64.7 Å². The highest BCUT2D eigenvalue weighted by atomic mass is 19.4. The number of carbonyl (C=O) groups excluding carboxylic acids is 1. The number of likely N-dealkylation sites (tertiary alicyclic amines) is 1. The van der Waals surface area contributed by atoms with Gasteiger partial charge in [-0.25, -0.2) is 0 Å². The van der Waals surface area contributed by atoms with E-state index in [0.717, 1.165) is 19.3 Å². The quantitative estimate of drug-likeness (QED) is 0.783. The van der Waals surface area contributed by atoms with Crippen LogP contribution in [0.4, 0.5) is 13.2 Å². The van der Waals surface area contributed by atoms with Gasteiger partial charge < -0.3 is 4.90 Å². The molecular weight excluding hydrogens is 281 g/mol. The Morgan fingerprint density at radius 1 is 1.10 bits per heavy atom. The van der Waals surface area contributed by atoms with E-state index in [4.69, 9.17) is 0 Å². The lowest BCUT2D eigenvalue weighted by atomic mass is 9.88. The molecule has 0 radical (unpaired) electrons. The molecule has 2 atom stereocenters. The van der Waals surface area contributed by atoms with Gasteiger partial charge in [-0.2, -0.15) is 13.2 Å². The average Bonchev–Trinajstić information content (AvgIpc) is 2.32. The molecule has 2 aliphatic heterocycles. The van der Waals surface area contributed by atoms with Gasteiger partial charge in [-0.3, -0.25) is 9.69 Å². The zero-order chi connectivity index (χ0) is 15.8. The van der Waals surface area contributed by atoms with Crippen molar-refractivity contribution in [2.75, 3.05) is 19.6 Å². The van der Waals surface area contributed by atoms with E-state index < -0.39 is 18.0 Å². The third-order valence-electron chi connectivity index (χ3n) is 4.46. The van der Waals surface area contributed by atoms with Gasteiger partial charge in [0.05, 0.1) is 6.42 Å². The molecule has 122 valence electrons. The highest BCUT2D eigenvalue weighted by molar-refractivity contribution is 5.81. The van der Waals surface area contributed by atoms with E-state index in [-0.39, 0.29) is 24.5 Å². The number of nitrogens with zero attached hydrogens (tertiary/aromatic N) is 2. The summed E-state index contributed by atoms with van der Waals surface area (Å²) in [6.07, 6.45) is -2.03. The zero-order valence-corrected chi connectivity index (χ0v) is 13.0. The first-order valence-corrected chi connectivity index (χ1v) is 7.70. The number of piperazine rings is 1. The van der Waals surface area contributed by atoms with Crippen LogP contribution in [0.2, 0.25) is 0 Å². The summed E-state index contributed by atoms with van der Waals surface area (Å²) >= 11 is 0. The predicted octanol–water partition coefficient (Wildman–Crippen LogP) is 3.05. The van der Waals surface area contributed by atoms with E-state index in [9.17, 15) is 18.0 Å². The van der Waals surface area contributed by atoms with Gasteiger partial charge in [0.1, 0.15) is 0 Å². The maximum Gasteiger partial charge on any atom is 0.390 e. The molecule has 0 aromatic rings. The molecule has 2 bridgehead atoms. The SMILES string of the molecule is CC(C)(C)C(=O)N1CC2CCCC(C1)N2CCC(F)(F)F. The summed E-state index contributed by atoms with van der Waals surface area (Å²) in [7, 11) is 0. The largest absolute Gasteiger partial charge is 0.390 e. The first-order chi connectivity index (χ1) is 9.58. The summed E-state index contributed by atoms with van der Waals surface area (Å²) in [5.74, 6) is 0.106. The number of hydrogen-bond donors (Lipinski definition) is 0. The van der Waals surface area contributed by atoms with Gasteiger partial charge in [-0.15, -0.1) is 0 Å². The van der Waals surface area contributed by atoms with E-state index in [0.29, 0.717) is 13.1 Å². The first-order valence-electron chi connectivity index (χ1n) is 7.70. The highest BCUT2D eigenvalue weighted by Crippen LogP contribution is 2.32. The van der Waals surface area contributed by atoms with Crippen LogP contribution in [0.25, 0.3) is 0 Å². The minimum absolute atomic E-state index is 0.0659. The zero-order valence-electron chi connectivity index (χ0n) is 13.0. The Labute approximate surface area is 124 Å². The number of rotatable bonds is 2. The molecular formula is C15H25F3N2O. The van der Waals surface area contributed by atoms with Crippen molar-refractivity contribution >= 4 is 5.91 Å². The number of carbonyl (C=O) groups is 1. The Morgan fingerprint density at radius 3 is 2.05 bits per heavy atom. The van der Waals surface area contributed by atoms with E-state index in [1.54, 1.807) is 0 Å². The predicted molar refractivity (Wildman–Crippen MR) is 74.8 cm³/mol. The number of amides is 1. The fourth-order valence-corrected chi connectivity index (χ4v) is 3.46. The van der Waals surface area contributed by atoms with Gasteiger partial charge >= 0.3 is 6.18 Å². The topological polar surface area (TPSA) is 23.6 Å². The lowest BCUT2D eigenvalue weighted by Crippen LogP contribution is -2.63. The van der Waals surface area contributed by atoms with Gasteiger partial charge in [0.15, 0.2) is 0 Å². The molecule has 0 N–H and O–H groups in total. The molecule has 2 heterocycles. The van der Waals surface area contributed by atoms with Crippen LogP contribution in [0.5, 0.6) is 0 Å². The van der Waals surface area contributed by atoms with Crippen LogP contribution >= 0.6 is 0 Å². The van der Waals surface area contributed by atoms with E-state index in [1.165, 1.54) is 0 Å². The fourth-order valence-electron chi connectivity index (χ4n) is 3.46. The smallest absolute Gasteiger partial charge is 0.339 e. The summed E-state index contributed by atoms with van der Waals surface area (Å²) in [6.45, 7) is 6.88. The van der Waals surface area contributed by atoms with Gasteiger partial charge in [-0.1, -0.05) is 27.2 Å². The maximum absolute atomic E-state index is 12.5. The van der Waals surface area contributed by atoms with Gasteiger partial charge in [0, 0.05) is 37.1 Å². The Kier molecular flexibility index (Phi) is 4.57. The Morgan fingerprint density at radius 2 is 1.62 bits per heavy atom. The van der Waals surface area contributed by atoms with Crippen molar-refractivity contribution < 1.29 is 18.0 Å². The second-order valence-electron chi connectivity index (χ2n) is 7.30. The molecule has 0 aliphatic carbocycles. The average molecular weight is 306 g/mol. The lowest BCUT2D eigenvalue weighted by Gasteiger charge is -2.51. The standard InChI is InChI=1S/C15H25F3N2O/c1-14(2,3)13(21)19-9-11-5-4-6-12(10-19)20(11)8-7-15(16,17)18/h11-12H,4-10H2,1-3H3. The molecule has 0 aromatic heterocycles.